The van der Waals surface area contributed by atoms with Crippen LogP contribution in [0.3, 0.4) is 0 Å². The van der Waals surface area contributed by atoms with Gasteiger partial charge >= 0.3 is 6.18 Å². The van der Waals surface area contributed by atoms with Crippen molar-refractivity contribution in [1.29, 1.82) is 0 Å². The van der Waals surface area contributed by atoms with Gasteiger partial charge in [0.2, 0.25) is 0 Å². The third-order valence-corrected chi connectivity index (χ3v) is 3.56. The fraction of sp³-hybridized carbons (Fsp3) is 0.222. The largest absolute Gasteiger partial charge is 0.490 e. The second-order valence-corrected chi connectivity index (χ2v) is 5.75. The first-order valence-electron chi connectivity index (χ1n) is 8.44. The van der Waals surface area contributed by atoms with Crippen LogP contribution in [-0.4, -0.2) is 30.3 Å². The SMILES string of the molecule is CCOc1cc(/C=N\Nc2ccc(C(F)(F)F)cc2[N+](=O)[O-])ccc1OCC(N)=O. The topological polar surface area (TPSA) is 129 Å². The minimum Gasteiger partial charge on any atom is -0.490 e. The van der Waals surface area contributed by atoms with Crippen LogP contribution in [-0.2, 0) is 11.0 Å². The number of halogens is 3. The van der Waals surface area contributed by atoms with Crippen molar-refractivity contribution < 1.29 is 32.4 Å². The highest BCUT2D eigenvalue weighted by Crippen LogP contribution is 2.35. The second-order valence-electron chi connectivity index (χ2n) is 5.75. The molecule has 0 saturated carbocycles. The summed E-state index contributed by atoms with van der Waals surface area (Å²) in [6, 6.07) is 6.66. The van der Waals surface area contributed by atoms with E-state index >= 15 is 0 Å². The van der Waals surface area contributed by atoms with Crippen LogP contribution >= 0.6 is 0 Å². The number of hydrazone groups is 1. The van der Waals surface area contributed by atoms with Gasteiger partial charge in [0.15, 0.2) is 18.1 Å². The summed E-state index contributed by atoms with van der Waals surface area (Å²) in [5.41, 5.74) is 5.76. The van der Waals surface area contributed by atoms with Gasteiger partial charge in [0, 0.05) is 6.07 Å². The van der Waals surface area contributed by atoms with Crippen LogP contribution in [0.4, 0.5) is 24.5 Å². The van der Waals surface area contributed by atoms with Gasteiger partial charge in [-0.25, -0.2) is 0 Å². The van der Waals surface area contributed by atoms with E-state index in [1.165, 1.54) is 18.3 Å². The van der Waals surface area contributed by atoms with E-state index in [9.17, 15) is 28.1 Å². The molecule has 0 unspecified atom stereocenters. The van der Waals surface area contributed by atoms with Crippen molar-refractivity contribution in [1.82, 2.24) is 0 Å². The molecule has 0 spiro atoms. The highest BCUT2D eigenvalue weighted by molar-refractivity contribution is 5.82. The average Bonchev–Trinajstić information content (AvgIpc) is 2.66. The molecule has 2 aromatic rings. The van der Waals surface area contributed by atoms with Gasteiger partial charge in [0.05, 0.1) is 23.3 Å². The van der Waals surface area contributed by atoms with Crippen LogP contribution < -0.4 is 20.6 Å². The number of nitrogens with one attached hydrogen (secondary N) is 1. The van der Waals surface area contributed by atoms with Crippen molar-refractivity contribution in [3.05, 3.63) is 57.6 Å². The predicted molar refractivity (Wildman–Crippen MR) is 102 cm³/mol. The van der Waals surface area contributed by atoms with E-state index < -0.39 is 28.3 Å². The molecule has 0 atom stereocenters. The van der Waals surface area contributed by atoms with Gasteiger partial charge in [-0.2, -0.15) is 18.3 Å². The monoisotopic (exact) mass is 426 g/mol. The summed E-state index contributed by atoms with van der Waals surface area (Å²) < 4.78 is 48.9. The predicted octanol–water partition coefficient (Wildman–Crippen LogP) is 3.32. The number of nitro groups is 1. The first-order valence-corrected chi connectivity index (χ1v) is 8.44. The van der Waals surface area contributed by atoms with E-state index in [1.807, 2.05) is 0 Å². The molecular weight excluding hydrogens is 409 g/mol. The summed E-state index contributed by atoms with van der Waals surface area (Å²) in [5, 5.41) is 14.9. The number of rotatable bonds is 9. The zero-order chi connectivity index (χ0) is 22.3. The Morgan fingerprint density at radius 3 is 2.57 bits per heavy atom. The maximum Gasteiger partial charge on any atom is 0.416 e. The molecule has 12 heteroatoms. The van der Waals surface area contributed by atoms with Crippen molar-refractivity contribution in [3.63, 3.8) is 0 Å². The molecule has 0 fully saturated rings. The molecule has 3 N–H and O–H groups in total. The number of hydrogen-bond acceptors (Lipinski definition) is 7. The van der Waals surface area contributed by atoms with Gasteiger partial charge in [0.1, 0.15) is 5.69 Å². The minimum atomic E-state index is -4.71. The standard InChI is InChI=1S/C18H17F3N4O5/c1-2-29-16-7-11(3-6-15(16)30-10-17(22)26)9-23-24-13-5-4-12(18(19,20)21)8-14(13)25(27)28/h3-9,24H,2,10H2,1H3,(H2,22,26)/b23-9-. The summed E-state index contributed by atoms with van der Waals surface area (Å²) in [6.45, 7) is 1.71. The van der Waals surface area contributed by atoms with Crippen molar-refractivity contribution >= 4 is 23.5 Å². The van der Waals surface area contributed by atoms with E-state index in [2.05, 4.69) is 10.5 Å². The van der Waals surface area contributed by atoms with Gasteiger partial charge in [-0.3, -0.25) is 20.3 Å². The molecule has 2 aromatic carbocycles. The molecule has 0 radical (unpaired) electrons. The number of nitro benzene ring substituents is 1. The Morgan fingerprint density at radius 2 is 1.97 bits per heavy atom. The molecule has 0 aromatic heterocycles. The van der Waals surface area contributed by atoms with Crippen molar-refractivity contribution in [2.24, 2.45) is 10.8 Å². The summed E-state index contributed by atoms with van der Waals surface area (Å²) in [5.74, 6) is -0.0761. The summed E-state index contributed by atoms with van der Waals surface area (Å²) in [4.78, 5) is 21.0. The number of alkyl halides is 3. The molecule has 0 aliphatic heterocycles. The molecule has 0 aliphatic carbocycles. The van der Waals surface area contributed by atoms with E-state index in [-0.39, 0.29) is 18.0 Å². The van der Waals surface area contributed by atoms with Crippen molar-refractivity contribution in [2.75, 3.05) is 18.6 Å². The molecule has 30 heavy (non-hydrogen) atoms. The molecule has 0 heterocycles. The Balaban J connectivity index is 2.21. The van der Waals surface area contributed by atoms with Crippen molar-refractivity contribution in [2.45, 2.75) is 13.1 Å². The lowest BCUT2D eigenvalue weighted by molar-refractivity contribution is -0.384. The lowest BCUT2D eigenvalue weighted by atomic mass is 10.1. The Labute approximate surface area is 168 Å². The summed E-state index contributed by atoms with van der Waals surface area (Å²) >= 11 is 0. The highest BCUT2D eigenvalue weighted by atomic mass is 19.4. The van der Waals surface area contributed by atoms with Crippen LogP contribution in [0, 0.1) is 10.1 Å². The average molecular weight is 426 g/mol. The normalized spacial score (nSPS) is 11.3. The molecule has 9 nitrogen and oxygen atoms in total. The second kappa shape index (κ2) is 9.58. The first kappa shape index (κ1) is 22.5. The molecule has 0 saturated heterocycles. The zero-order valence-corrected chi connectivity index (χ0v) is 15.6. The number of amides is 1. The Hall–Kier alpha value is -3.83. The number of anilines is 1. The Bertz CT molecular complexity index is 963. The van der Waals surface area contributed by atoms with Gasteiger partial charge < -0.3 is 15.2 Å². The van der Waals surface area contributed by atoms with Crippen LogP contribution in [0.15, 0.2) is 41.5 Å². The van der Waals surface area contributed by atoms with E-state index in [0.717, 1.165) is 6.07 Å². The quantitative estimate of drug-likeness (QED) is 0.360. The highest BCUT2D eigenvalue weighted by Gasteiger charge is 2.33. The fourth-order valence-corrected chi connectivity index (χ4v) is 2.27. The Kier molecular flexibility index (Phi) is 7.17. The number of carbonyl (C=O) groups excluding carboxylic acids is 1. The third-order valence-electron chi connectivity index (χ3n) is 3.56. The van der Waals surface area contributed by atoms with Crippen LogP contribution in [0.25, 0.3) is 0 Å². The molecule has 0 bridgehead atoms. The number of nitrogens with two attached hydrogens (primary N) is 1. The lowest BCUT2D eigenvalue weighted by Crippen LogP contribution is -2.20. The number of hydrogen-bond donors (Lipinski definition) is 2. The summed E-state index contributed by atoms with van der Waals surface area (Å²) in [6.07, 6.45) is -3.43. The fourth-order valence-electron chi connectivity index (χ4n) is 2.27. The molecular formula is C18H17F3N4O5. The smallest absolute Gasteiger partial charge is 0.416 e. The van der Waals surface area contributed by atoms with Crippen LogP contribution in [0.2, 0.25) is 0 Å². The number of primary amides is 1. The molecule has 1 amide bonds. The first-order chi connectivity index (χ1) is 14.1. The zero-order valence-electron chi connectivity index (χ0n) is 15.6. The third kappa shape index (κ3) is 6.09. The summed E-state index contributed by atoms with van der Waals surface area (Å²) in [7, 11) is 0. The number of ether oxygens (including phenoxy) is 2. The van der Waals surface area contributed by atoms with E-state index in [4.69, 9.17) is 15.2 Å². The van der Waals surface area contributed by atoms with Gasteiger partial charge in [-0.15, -0.1) is 0 Å². The number of nitrogens with zero attached hydrogens (tertiary/aromatic N) is 2. The van der Waals surface area contributed by atoms with Gasteiger partial charge in [-0.1, -0.05) is 0 Å². The van der Waals surface area contributed by atoms with Crippen molar-refractivity contribution in [3.8, 4) is 11.5 Å². The van der Waals surface area contributed by atoms with Gasteiger partial charge in [0.25, 0.3) is 11.6 Å². The van der Waals surface area contributed by atoms with Gasteiger partial charge in [-0.05, 0) is 42.8 Å². The number of benzene rings is 2. The maximum atomic E-state index is 12.7. The molecule has 160 valence electrons. The van der Waals surface area contributed by atoms with E-state index in [1.54, 1.807) is 13.0 Å². The lowest BCUT2D eigenvalue weighted by Gasteiger charge is -2.11. The number of carbonyl (C=O) groups is 1. The maximum absolute atomic E-state index is 12.7. The van der Waals surface area contributed by atoms with E-state index in [0.29, 0.717) is 30.1 Å². The van der Waals surface area contributed by atoms with Crippen LogP contribution in [0.1, 0.15) is 18.1 Å². The molecule has 0 aliphatic rings. The van der Waals surface area contributed by atoms with Crippen LogP contribution in [0.5, 0.6) is 11.5 Å². The minimum absolute atomic E-state index is 0.212. The Morgan fingerprint density at radius 1 is 1.23 bits per heavy atom. The molecule has 2 rings (SSSR count).